The van der Waals surface area contributed by atoms with E-state index >= 15 is 0 Å². The van der Waals surface area contributed by atoms with Gasteiger partial charge in [-0.15, -0.1) is 0 Å². The number of aromatic nitrogens is 1. The molecule has 0 saturated carbocycles. The molecule has 1 aromatic carbocycles. The SMILES string of the molecule is CC(C)(C)c1ccc(C[n+]2cccc(C(N)=O)c2)cc1. The third-order valence-electron chi connectivity index (χ3n) is 3.33. The van der Waals surface area contributed by atoms with Crippen molar-refractivity contribution in [3.8, 4) is 0 Å². The minimum Gasteiger partial charge on any atom is -0.365 e. The Hall–Kier alpha value is -2.16. The second-order valence-corrected chi connectivity index (χ2v) is 6.08. The number of carbonyl (C=O) groups is 1. The molecule has 20 heavy (non-hydrogen) atoms. The van der Waals surface area contributed by atoms with E-state index in [0.29, 0.717) is 5.56 Å². The molecule has 0 bridgehead atoms. The first-order valence-corrected chi connectivity index (χ1v) is 6.74. The van der Waals surface area contributed by atoms with E-state index in [1.54, 1.807) is 12.3 Å². The van der Waals surface area contributed by atoms with Crippen molar-refractivity contribution in [2.24, 2.45) is 5.73 Å². The Balaban J connectivity index is 2.18. The van der Waals surface area contributed by atoms with Crippen LogP contribution in [0.4, 0.5) is 0 Å². The largest absolute Gasteiger partial charge is 0.365 e. The van der Waals surface area contributed by atoms with Gasteiger partial charge in [-0.2, -0.15) is 4.57 Å². The van der Waals surface area contributed by atoms with Crippen molar-refractivity contribution in [3.63, 3.8) is 0 Å². The Labute approximate surface area is 120 Å². The van der Waals surface area contributed by atoms with Gasteiger partial charge in [0.1, 0.15) is 5.56 Å². The van der Waals surface area contributed by atoms with Crippen molar-refractivity contribution in [3.05, 3.63) is 65.5 Å². The van der Waals surface area contributed by atoms with Crippen molar-refractivity contribution in [1.29, 1.82) is 0 Å². The maximum Gasteiger partial charge on any atom is 0.254 e. The van der Waals surface area contributed by atoms with Crippen LogP contribution in [-0.4, -0.2) is 5.91 Å². The van der Waals surface area contributed by atoms with Crippen LogP contribution in [0.15, 0.2) is 48.8 Å². The zero-order valence-corrected chi connectivity index (χ0v) is 12.3. The fourth-order valence-corrected chi connectivity index (χ4v) is 2.09. The molecule has 2 N–H and O–H groups in total. The van der Waals surface area contributed by atoms with Crippen LogP contribution < -0.4 is 10.3 Å². The van der Waals surface area contributed by atoms with Crippen LogP contribution in [-0.2, 0) is 12.0 Å². The number of hydrogen-bond acceptors (Lipinski definition) is 1. The van der Waals surface area contributed by atoms with Gasteiger partial charge in [-0.25, -0.2) is 0 Å². The predicted molar refractivity (Wildman–Crippen MR) is 79.4 cm³/mol. The zero-order valence-electron chi connectivity index (χ0n) is 12.3. The number of amides is 1. The minimum atomic E-state index is -0.401. The first-order valence-electron chi connectivity index (χ1n) is 6.74. The van der Waals surface area contributed by atoms with E-state index in [4.69, 9.17) is 5.73 Å². The third-order valence-corrected chi connectivity index (χ3v) is 3.33. The molecule has 0 saturated heterocycles. The smallest absolute Gasteiger partial charge is 0.254 e. The van der Waals surface area contributed by atoms with Crippen LogP contribution in [0, 0.1) is 0 Å². The summed E-state index contributed by atoms with van der Waals surface area (Å²) in [5, 5.41) is 0. The van der Waals surface area contributed by atoms with Gasteiger partial charge >= 0.3 is 0 Å². The average molecular weight is 269 g/mol. The molecule has 0 aliphatic carbocycles. The molecule has 2 aromatic rings. The van der Waals surface area contributed by atoms with Gasteiger partial charge in [0.05, 0.1) is 0 Å². The Kier molecular flexibility index (Phi) is 3.89. The molecule has 0 aliphatic rings. The zero-order chi connectivity index (χ0) is 14.8. The molecule has 3 heteroatoms. The molecule has 3 nitrogen and oxygen atoms in total. The summed E-state index contributed by atoms with van der Waals surface area (Å²) in [5.41, 5.74) is 8.50. The summed E-state index contributed by atoms with van der Waals surface area (Å²) >= 11 is 0. The maximum atomic E-state index is 11.2. The van der Waals surface area contributed by atoms with Crippen LogP contribution in [0.1, 0.15) is 42.3 Å². The van der Waals surface area contributed by atoms with Gasteiger partial charge in [0.2, 0.25) is 0 Å². The fraction of sp³-hybridized carbons (Fsp3) is 0.294. The van der Waals surface area contributed by atoms with Crippen LogP contribution in [0.5, 0.6) is 0 Å². The van der Waals surface area contributed by atoms with Crippen molar-refractivity contribution in [2.75, 3.05) is 0 Å². The van der Waals surface area contributed by atoms with E-state index in [0.717, 1.165) is 6.54 Å². The van der Waals surface area contributed by atoms with Gasteiger partial charge in [-0.1, -0.05) is 45.0 Å². The normalized spacial score (nSPS) is 11.3. The van der Waals surface area contributed by atoms with Crippen LogP contribution in [0.3, 0.4) is 0 Å². The number of primary amides is 1. The number of rotatable bonds is 3. The van der Waals surface area contributed by atoms with E-state index in [-0.39, 0.29) is 5.41 Å². The number of nitrogens with two attached hydrogens (primary N) is 1. The van der Waals surface area contributed by atoms with E-state index < -0.39 is 5.91 Å². The summed E-state index contributed by atoms with van der Waals surface area (Å²) in [6.45, 7) is 7.33. The standard InChI is InChI=1S/C17H20N2O/c1-17(2,3)15-8-6-13(7-9-15)11-19-10-4-5-14(12-19)16(18)20/h4-10,12H,11H2,1-3H3,(H-,18,20)/p+1. The Morgan fingerprint density at radius 2 is 1.80 bits per heavy atom. The topological polar surface area (TPSA) is 47.0 Å². The summed E-state index contributed by atoms with van der Waals surface area (Å²) in [7, 11) is 0. The second-order valence-electron chi connectivity index (χ2n) is 6.08. The lowest BCUT2D eigenvalue weighted by Crippen LogP contribution is -2.35. The molecule has 0 fully saturated rings. The number of benzene rings is 1. The van der Waals surface area contributed by atoms with Gasteiger partial charge in [0.15, 0.2) is 18.9 Å². The molecule has 1 heterocycles. The molecule has 0 atom stereocenters. The highest BCUT2D eigenvalue weighted by atomic mass is 16.1. The van der Waals surface area contributed by atoms with Gasteiger partial charge in [-0.3, -0.25) is 4.79 Å². The van der Waals surface area contributed by atoms with Crippen molar-refractivity contribution >= 4 is 5.91 Å². The highest BCUT2D eigenvalue weighted by Gasteiger charge is 2.13. The maximum absolute atomic E-state index is 11.2. The minimum absolute atomic E-state index is 0.164. The van der Waals surface area contributed by atoms with Gasteiger partial charge < -0.3 is 5.73 Å². The first kappa shape index (κ1) is 14.3. The quantitative estimate of drug-likeness (QED) is 0.855. The molecule has 2 rings (SSSR count). The number of carbonyl (C=O) groups excluding carboxylic acids is 1. The Morgan fingerprint density at radius 1 is 1.15 bits per heavy atom. The van der Waals surface area contributed by atoms with Crippen molar-refractivity contribution in [1.82, 2.24) is 0 Å². The lowest BCUT2D eigenvalue weighted by molar-refractivity contribution is -0.688. The van der Waals surface area contributed by atoms with Crippen LogP contribution in [0.25, 0.3) is 0 Å². The van der Waals surface area contributed by atoms with Crippen molar-refractivity contribution < 1.29 is 9.36 Å². The van der Waals surface area contributed by atoms with Gasteiger partial charge in [0.25, 0.3) is 5.91 Å². The lowest BCUT2D eigenvalue weighted by Gasteiger charge is -2.18. The Morgan fingerprint density at radius 3 is 2.35 bits per heavy atom. The Bertz CT molecular complexity index is 610. The number of nitrogens with zero attached hydrogens (tertiary/aromatic N) is 1. The summed E-state index contributed by atoms with van der Waals surface area (Å²) in [5.74, 6) is -0.401. The van der Waals surface area contributed by atoms with E-state index in [1.807, 2.05) is 16.8 Å². The molecule has 0 radical (unpaired) electrons. The lowest BCUT2D eigenvalue weighted by atomic mass is 9.87. The molecular weight excluding hydrogens is 248 g/mol. The molecule has 104 valence electrons. The van der Waals surface area contributed by atoms with E-state index in [2.05, 4.69) is 45.0 Å². The first-order chi connectivity index (χ1) is 9.36. The molecule has 1 amide bonds. The summed E-state index contributed by atoms with van der Waals surface area (Å²) in [6.07, 6.45) is 3.71. The summed E-state index contributed by atoms with van der Waals surface area (Å²) < 4.78 is 1.96. The van der Waals surface area contributed by atoms with Crippen LogP contribution in [0.2, 0.25) is 0 Å². The monoisotopic (exact) mass is 269 g/mol. The molecule has 0 spiro atoms. The van der Waals surface area contributed by atoms with E-state index in [9.17, 15) is 4.79 Å². The van der Waals surface area contributed by atoms with Crippen molar-refractivity contribution in [2.45, 2.75) is 32.7 Å². The van der Waals surface area contributed by atoms with Gasteiger partial charge in [-0.05, 0) is 17.0 Å². The molecular formula is C17H21N2O+. The predicted octanol–water partition coefficient (Wildman–Crippen LogP) is 2.42. The fourth-order valence-electron chi connectivity index (χ4n) is 2.09. The third kappa shape index (κ3) is 3.44. The average Bonchev–Trinajstić information content (AvgIpc) is 2.38. The van der Waals surface area contributed by atoms with Crippen LogP contribution >= 0.6 is 0 Å². The number of hydrogen-bond donors (Lipinski definition) is 1. The second kappa shape index (κ2) is 5.45. The molecule has 1 aromatic heterocycles. The molecule has 0 unspecified atom stereocenters. The van der Waals surface area contributed by atoms with Gasteiger partial charge in [0, 0.05) is 11.6 Å². The highest BCUT2D eigenvalue weighted by molar-refractivity contribution is 5.92. The van der Waals surface area contributed by atoms with E-state index in [1.165, 1.54) is 11.1 Å². The summed E-state index contributed by atoms with van der Waals surface area (Å²) in [4.78, 5) is 11.2. The summed E-state index contributed by atoms with van der Waals surface area (Å²) in [6, 6.07) is 12.1. The highest BCUT2D eigenvalue weighted by Crippen LogP contribution is 2.22. The molecule has 0 aliphatic heterocycles. The number of pyridine rings is 1.